The number of aryl methyl sites for hydroxylation is 1. The molecule has 1 unspecified atom stereocenters. The van der Waals surface area contributed by atoms with Crippen LogP contribution < -0.4 is 0 Å². The third-order valence-corrected chi connectivity index (χ3v) is 2.96. The van der Waals surface area contributed by atoms with E-state index in [0.29, 0.717) is 23.5 Å². The van der Waals surface area contributed by atoms with Crippen LogP contribution in [0.15, 0.2) is 18.2 Å². The van der Waals surface area contributed by atoms with Crippen LogP contribution in [0, 0.1) is 12.8 Å². The highest BCUT2D eigenvalue weighted by atomic mass is 19.4. The minimum atomic E-state index is -4.26. The van der Waals surface area contributed by atoms with Gasteiger partial charge in [0.2, 0.25) is 0 Å². The maximum absolute atomic E-state index is 12.9. The van der Waals surface area contributed by atoms with E-state index < -0.39 is 11.7 Å². The van der Waals surface area contributed by atoms with Gasteiger partial charge in [0.05, 0.1) is 5.56 Å². The number of hydrogen-bond acceptors (Lipinski definition) is 0. The lowest BCUT2D eigenvalue weighted by molar-refractivity contribution is -0.138. The Hall–Kier alpha value is -1.25. The van der Waals surface area contributed by atoms with Crippen LogP contribution in [0.3, 0.4) is 0 Å². The van der Waals surface area contributed by atoms with Crippen LogP contribution in [0.5, 0.6) is 0 Å². The average molecular weight is 226 g/mol. The van der Waals surface area contributed by atoms with Crippen molar-refractivity contribution in [1.29, 1.82) is 0 Å². The molecule has 0 aliphatic heterocycles. The zero-order valence-electron chi connectivity index (χ0n) is 9.23. The van der Waals surface area contributed by atoms with Crippen LogP contribution in [0.4, 0.5) is 13.2 Å². The molecule has 1 aromatic carbocycles. The van der Waals surface area contributed by atoms with Crippen LogP contribution in [-0.2, 0) is 12.6 Å². The highest BCUT2D eigenvalue weighted by Crippen LogP contribution is 2.38. The molecule has 1 aliphatic carbocycles. The second-order valence-electron chi connectivity index (χ2n) is 4.37. The zero-order chi connectivity index (χ0) is 11.9. The van der Waals surface area contributed by atoms with Gasteiger partial charge >= 0.3 is 6.18 Å². The first-order chi connectivity index (χ1) is 7.39. The Balaban J connectivity index is 2.64. The van der Waals surface area contributed by atoms with Crippen molar-refractivity contribution in [2.45, 2.75) is 26.4 Å². The van der Waals surface area contributed by atoms with E-state index in [1.807, 2.05) is 13.0 Å². The molecule has 3 heteroatoms. The van der Waals surface area contributed by atoms with E-state index in [4.69, 9.17) is 0 Å². The van der Waals surface area contributed by atoms with Gasteiger partial charge in [0, 0.05) is 0 Å². The van der Waals surface area contributed by atoms with Crippen LogP contribution in [-0.4, -0.2) is 0 Å². The Morgan fingerprint density at radius 3 is 2.56 bits per heavy atom. The van der Waals surface area contributed by atoms with Crippen molar-refractivity contribution in [3.8, 4) is 0 Å². The Labute approximate surface area is 92.8 Å². The molecule has 0 fully saturated rings. The van der Waals surface area contributed by atoms with Crippen LogP contribution in [0.1, 0.15) is 29.2 Å². The molecular formula is C13H13F3. The summed E-state index contributed by atoms with van der Waals surface area (Å²) < 4.78 is 38.7. The molecule has 0 saturated carbocycles. The fourth-order valence-electron chi connectivity index (χ4n) is 2.19. The van der Waals surface area contributed by atoms with Crippen molar-refractivity contribution < 1.29 is 13.2 Å². The molecule has 2 rings (SSSR count). The molecule has 0 bridgehead atoms. The lowest BCUT2D eigenvalue weighted by Gasteiger charge is -2.21. The van der Waals surface area contributed by atoms with Crippen molar-refractivity contribution in [1.82, 2.24) is 0 Å². The van der Waals surface area contributed by atoms with Crippen molar-refractivity contribution in [2.24, 2.45) is 5.92 Å². The monoisotopic (exact) mass is 226 g/mol. The Morgan fingerprint density at radius 2 is 1.94 bits per heavy atom. The van der Waals surface area contributed by atoms with Gasteiger partial charge < -0.3 is 0 Å². The van der Waals surface area contributed by atoms with Crippen molar-refractivity contribution >= 4 is 6.08 Å². The van der Waals surface area contributed by atoms with E-state index in [1.54, 1.807) is 18.2 Å². The predicted octanol–water partition coefficient (Wildman–Crippen LogP) is 4.22. The number of benzene rings is 1. The predicted molar refractivity (Wildman–Crippen MR) is 58.1 cm³/mol. The number of halogens is 3. The maximum Gasteiger partial charge on any atom is 0.417 e. The van der Waals surface area contributed by atoms with Crippen LogP contribution in [0.2, 0.25) is 0 Å². The van der Waals surface area contributed by atoms with E-state index in [1.165, 1.54) is 6.92 Å². The first-order valence-corrected chi connectivity index (χ1v) is 5.27. The van der Waals surface area contributed by atoms with Gasteiger partial charge in [-0.1, -0.05) is 31.2 Å². The molecule has 16 heavy (non-hydrogen) atoms. The van der Waals surface area contributed by atoms with Crippen molar-refractivity contribution in [3.63, 3.8) is 0 Å². The third-order valence-electron chi connectivity index (χ3n) is 2.96. The van der Waals surface area contributed by atoms with Gasteiger partial charge in [-0.25, -0.2) is 0 Å². The van der Waals surface area contributed by atoms with Crippen LogP contribution >= 0.6 is 0 Å². The van der Waals surface area contributed by atoms with Crippen LogP contribution in [0.25, 0.3) is 6.08 Å². The summed E-state index contributed by atoms with van der Waals surface area (Å²) in [5.74, 6) is 0.316. The summed E-state index contributed by atoms with van der Waals surface area (Å²) in [5, 5.41) is 0. The highest BCUT2D eigenvalue weighted by molar-refractivity contribution is 5.63. The van der Waals surface area contributed by atoms with E-state index in [2.05, 4.69) is 0 Å². The average Bonchev–Trinajstić information content (AvgIpc) is 2.16. The molecule has 1 aromatic rings. The third kappa shape index (κ3) is 1.86. The van der Waals surface area contributed by atoms with Gasteiger partial charge in [0.15, 0.2) is 0 Å². The summed E-state index contributed by atoms with van der Waals surface area (Å²) in [6.45, 7) is 3.52. The summed E-state index contributed by atoms with van der Waals surface area (Å²) in [6.07, 6.45) is -0.119. The van der Waals surface area contributed by atoms with Gasteiger partial charge in [-0.05, 0) is 36.0 Å². The number of rotatable bonds is 0. The molecule has 1 atom stereocenters. The molecule has 0 nitrogen and oxygen atoms in total. The molecule has 0 N–H and O–H groups in total. The summed E-state index contributed by atoms with van der Waals surface area (Å²) in [5.41, 5.74) is 0.970. The summed E-state index contributed by atoms with van der Waals surface area (Å²) in [6, 6.07) is 3.37. The second kappa shape index (κ2) is 3.65. The van der Waals surface area contributed by atoms with Crippen molar-refractivity contribution in [3.05, 3.63) is 40.5 Å². The Morgan fingerprint density at radius 1 is 1.25 bits per heavy atom. The van der Waals surface area contributed by atoms with E-state index >= 15 is 0 Å². The van der Waals surface area contributed by atoms with E-state index in [0.717, 1.165) is 5.56 Å². The second-order valence-corrected chi connectivity index (χ2v) is 4.37. The topological polar surface area (TPSA) is 0 Å². The lowest BCUT2D eigenvalue weighted by atomic mass is 9.86. The lowest BCUT2D eigenvalue weighted by Crippen LogP contribution is -2.14. The molecule has 0 saturated heterocycles. The normalized spacial score (nSPS) is 19.7. The molecule has 0 aromatic heterocycles. The molecule has 86 valence electrons. The molecule has 0 spiro atoms. The minimum Gasteiger partial charge on any atom is -0.166 e. The minimum absolute atomic E-state index is 0.297. The van der Waals surface area contributed by atoms with Gasteiger partial charge in [-0.15, -0.1) is 0 Å². The standard InChI is InChI=1S/C13H13F3/c1-8-3-6-11-10(7-8)5-4-9(2)12(11)13(14,15)16/h3-6,8H,7H2,1-2H3. The highest BCUT2D eigenvalue weighted by Gasteiger charge is 2.36. The van der Waals surface area contributed by atoms with E-state index in [-0.39, 0.29) is 0 Å². The first kappa shape index (κ1) is 11.2. The van der Waals surface area contributed by atoms with E-state index in [9.17, 15) is 13.2 Å². The summed E-state index contributed by atoms with van der Waals surface area (Å²) in [7, 11) is 0. The summed E-state index contributed by atoms with van der Waals surface area (Å²) >= 11 is 0. The molecule has 1 aliphatic rings. The number of allylic oxidation sites excluding steroid dienone is 1. The molecule has 0 amide bonds. The Kier molecular flexibility index (Phi) is 2.56. The number of alkyl halides is 3. The first-order valence-electron chi connectivity index (χ1n) is 5.27. The summed E-state index contributed by atoms with van der Waals surface area (Å²) in [4.78, 5) is 0. The van der Waals surface area contributed by atoms with Gasteiger partial charge in [0.25, 0.3) is 0 Å². The fraction of sp³-hybridized carbons (Fsp3) is 0.385. The molecule has 0 radical (unpaired) electrons. The van der Waals surface area contributed by atoms with Crippen molar-refractivity contribution in [2.75, 3.05) is 0 Å². The SMILES string of the molecule is Cc1ccc2c(c1C(F)(F)F)C=CC(C)C2. The largest absolute Gasteiger partial charge is 0.417 e. The Bertz CT molecular complexity index is 441. The molecule has 0 heterocycles. The fourth-order valence-corrected chi connectivity index (χ4v) is 2.19. The maximum atomic E-state index is 12.9. The quantitative estimate of drug-likeness (QED) is 0.621. The number of fused-ring (bicyclic) bond motifs is 1. The number of hydrogen-bond donors (Lipinski definition) is 0. The zero-order valence-corrected chi connectivity index (χ0v) is 9.23. The van der Waals surface area contributed by atoms with Gasteiger partial charge in [0.1, 0.15) is 0 Å². The molecular weight excluding hydrogens is 213 g/mol. The van der Waals surface area contributed by atoms with Gasteiger partial charge in [-0.3, -0.25) is 0 Å². The van der Waals surface area contributed by atoms with Gasteiger partial charge in [-0.2, -0.15) is 13.2 Å². The smallest absolute Gasteiger partial charge is 0.166 e.